The summed E-state index contributed by atoms with van der Waals surface area (Å²) in [5, 5.41) is 9.92. The van der Waals surface area contributed by atoms with Gasteiger partial charge in [0.05, 0.1) is 6.54 Å². The lowest BCUT2D eigenvalue weighted by molar-refractivity contribution is 0.518. The molecule has 2 aromatic heterocycles. The van der Waals surface area contributed by atoms with Crippen LogP contribution in [0.5, 0.6) is 0 Å². The number of thiophene rings is 1. The quantitative estimate of drug-likeness (QED) is 0.384. The fourth-order valence-electron chi connectivity index (χ4n) is 2.02. The van der Waals surface area contributed by atoms with Crippen molar-refractivity contribution in [3.05, 3.63) is 38.5 Å². The Kier molecular flexibility index (Phi) is 8.49. The van der Waals surface area contributed by atoms with Crippen molar-refractivity contribution in [2.45, 2.75) is 39.7 Å². The summed E-state index contributed by atoms with van der Waals surface area (Å²) >= 11 is 3.50. The van der Waals surface area contributed by atoms with Gasteiger partial charge in [-0.1, -0.05) is 19.9 Å². The van der Waals surface area contributed by atoms with Crippen molar-refractivity contribution in [3.63, 3.8) is 0 Å². The molecule has 2 rings (SSSR count). The van der Waals surface area contributed by atoms with Crippen LogP contribution >= 0.6 is 46.7 Å². The maximum atomic E-state index is 4.63. The summed E-state index contributed by atoms with van der Waals surface area (Å²) in [7, 11) is 0. The number of aryl methyl sites for hydroxylation is 1. The highest BCUT2D eigenvalue weighted by Crippen LogP contribution is 2.26. The normalized spacial score (nSPS) is 11.9. The van der Waals surface area contributed by atoms with Crippen LogP contribution in [-0.4, -0.2) is 24.0 Å². The van der Waals surface area contributed by atoms with E-state index in [0.717, 1.165) is 24.1 Å². The number of hydrogen-bond acceptors (Lipinski definition) is 4. The van der Waals surface area contributed by atoms with Crippen LogP contribution in [0, 0.1) is 6.92 Å². The van der Waals surface area contributed by atoms with Crippen LogP contribution in [0.3, 0.4) is 0 Å². The third-order valence-corrected chi connectivity index (χ3v) is 5.41. The summed E-state index contributed by atoms with van der Waals surface area (Å²) < 4.78 is 0. The number of hydrogen-bond donors (Lipinski definition) is 2. The minimum absolute atomic E-state index is 0. The molecule has 128 valence electrons. The van der Waals surface area contributed by atoms with E-state index in [1.54, 1.807) is 22.7 Å². The minimum Gasteiger partial charge on any atom is -0.357 e. The van der Waals surface area contributed by atoms with Crippen LogP contribution in [0.1, 0.15) is 35.5 Å². The van der Waals surface area contributed by atoms with Gasteiger partial charge in [0.2, 0.25) is 0 Å². The lowest BCUT2D eigenvalue weighted by Crippen LogP contribution is -2.43. The molecule has 0 radical (unpaired) electrons. The monoisotopic (exact) mass is 464 g/mol. The van der Waals surface area contributed by atoms with E-state index in [9.17, 15) is 0 Å². The van der Waals surface area contributed by atoms with E-state index < -0.39 is 0 Å². The van der Waals surface area contributed by atoms with Gasteiger partial charge in [-0.15, -0.1) is 46.7 Å². The van der Waals surface area contributed by atoms with Gasteiger partial charge in [-0.3, -0.25) is 0 Å². The first-order valence-electron chi connectivity index (χ1n) is 7.49. The van der Waals surface area contributed by atoms with E-state index in [1.165, 1.54) is 9.75 Å². The zero-order chi connectivity index (χ0) is 16.0. The number of thiazole rings is 1. The number of rotatable bonds is 6. The van der Waals surface area contributed by atoms with Crippen molar-refractivity contribution in [2.75, 3.05) is 13.1 Å². The Morgan fingerprint density at radius 3 is 2.70 bits per heavy atom. The highest BCUT2D eigenvalue weighted by molar-refractivity contribution is 14.0. The zero-order valence-electron chi connectivity index (χ0n) is 14.0. The molecule has 0 atom stereocenters. The fourth-order valence-corrected chi connectivity index (χ4v) is 3.58. The molecule has 4 nitrogen and oxygen atoms in total. The zero-order valence-corrected chi connectivity index (χ0v) is 18.0. The molecule has 2 aromatic rings. The van der Waals surface area contributed by atoms with Crippen LogP contribution in [0.25, 0.3) is 0 Å². The molecule has 0 fully saturated rings. The number of nitrogens with one attached hydrogen (secondary N) is 2. The van der Waals surface area contributed by atoms with Crippen LogP contribution in [0.15, 0.2) is 28.7 Å². The predicted molar refractivity (Wildman–Crippen MR) is 112 cm³/mol. The van der Waals surface area contributed by atoms with Crippen molar-refractivity contribution in [1.29, 1.82) is 0 Å². The molecule has 23 heavy (non-hydrogen) atoms. The van der Waals surface area contributed by atoms with E-state index in [-0.39, 0.29) is 29.4 Å². The second-order valence-electron chi connectivity index (χ2n) is 5.77. The molecule has 0 amide bonds. The Balaban J connectivity index is 0.00000264. The second kappa shape index (κ2) is 9.58. The molecule has 0 saturated heterocycles. The molecule has 0 unspecified atom stereocenters. The van der Waals surface area contributed by atoms with E-state index in [1.807, 2.05) is 6.20 Å². The van der Waals surface area contributed by atoms with Gasteiger partial charge in [0.1, 0.15) is 5.01 Å². The Labute approximate surface area is 163 Å². The van der Waals surface area contributed by atoms with E-state index in [2.05, 4.69) is 65.8 Å². The number of guanidine groups is 1. The van der Waals surface area contributed by atoms with Crippen molar-refractivity contribution < 1.29 is 0 Å². The molecule has 0 aliphatic rings. The number of nitrogens with zero attached hydrogens (tertiary/aromatic N) is 2. The minimum atomic E-state index is 0. The van der Waals surface area contributed by atoms with Crippen molar-refractivity contribution in [1.82, 2.24) is 15.6 Å². The van der Waals surface area contributed by atoms with Crippen molar-refractivity contribution in [2.24, 2.45) is 4.99 Å². The van der Waals surface area contributed by atoms with Gasteiger partial charge < -0.3 is 10.6 Å². The van der Waals surface area contributed by atoms with Gasteiger partial charge in [-0.05, 0) is 25.3 Å². The molecule has 2 heterocycles. The van der Waals surface area contributed by atoms with Gasteiger partial charge in [-0.25, -0.2) is 9.98 Å². The highest BCUT2D eigenvalue weighted by Gasteiger charge is 2.21. The highest BCUT2D eigenvalue weighted by atomic mass is 127. The van der Waals surface area contributed by atoms with Gasteiger partial charge in [0.15, 0.2) is 5.96 Å². The number of halogens is 1. The van der Waals surface area contributed by atoms with E-state index >= 15 is 0 Å². The first kappa shape index (κ1) is 20.4. The Morgan fingerprint density at radius 1 is 1.35 bits per heavy atom. The number of aromatic nitrogens is 1. The molecule has 0 bridgehead atoms. The molecule has 0 spiro atoms. The van der Waals surface area contributed by atoms with Gasteiger partial charge in [0, 0.05) is 34.5 Å². The standard InChI is InChI=1S/C16H24N4S2.HI/c1-5-17-15(19-10-14-18-9-12(2)22-14)20-11-16(3,4)13-7-6-8-21-13;/h6-9H,5,10-11H2,1-4H3,(H2,17,19,20);1H. The molecule has 0 aliphatic carbocycles. The summed E-state index contributed by atoms with van der Waals surface area (Å²) in [5.74, 6) is 0.847. The lowest BCUT2D eigenvalue weighted by Gasteiger charge is -2.25. The summed E-state index contributed by atoms with van der Waals surface area (Å²) in [6, 6.07) is 4.29. The maximum Gasteiger partial charge on any atom is 0.191 e. The SMILES string of the molecule is CCNC(=NCc1ncc(C)s1)NCC(C)(C)c1cccs1.I. The third kappa shape index (κ3) is 6.39. The summed E-state index contributed by atoms with van der Waals surface area (Å²) in [6.45, 7) is 11.0. The molecular weight excluding hydrogens is 439 g/mol. The average Bonchev–Trinajstić information content (AvgIpc) is 3.13. The Bertz CT molecular complexity index is 605. The summed E-state index contributed by atoms with van der Waals surface area (Å²) in [4.78, 5) is 11.6. The van der Waals surface area contributed by atoms with Gasteiger partial charge in [0.25, 0.3) is 0 Å². The van der Waals surface area contributed by atoms with Gasteiger partial charge >= 0.3 is 0 Å². The van der Waals surface area contributed by atoms with Gasteiger partial charge in [-0.2, -0.15) is 0 Å². The Hall–Kier alpha value is -0.670. The average molecular weight is 464 g/mol. The summed E-state index contributed by atoms with van der Waals surface area (Å²) in [6.07, 6.45) is 1.90. The molecule has 0 aromatic carbocycles. The maximum absolute atomic E-state index is 4.63. The Morgan fingerprint density at radius 2 is 2.13 bits per heavy atom. The smallest absolute Gasteiger partial charge is 0.191 e. The molecule has 2 N–H and O–H groups in total. The van der Waals surface area contributed by atoms with E-state index in [4.69, 9.17) is 0 Å². The third-order valence-electron chi connectivity index (χ3n) is 3.27. The van der Waals surface area contributed by atoms with Crippen LogP contribution in [0.2, 0.25) is 0 Å². The molecule has 7 heteroatoms. The fraction of sp³-hybridized carbons (Fsp3) is 0.500. The predicted octanol–water partition coefficient (Wildman–Crippen LogP) is 4.16. The molecule has 0 aliphatic heterocycles. The lowest BCUT2D eigenvalue weighted by atomic mass is 9.91. The first-order valence-corrected chi connectivity index (χ1v) is 9.18. The van der Waals surface area contributed by atoms with Crippen LogP contribution in [-0.2, 0) is 12.0 Å². The second-order valence-corrected chi connectivity index (χ2v) is 8.04. The largest absolute Gasteiger partial charge is 0.357 e. The van der Waals surface area contributed by atoms with Crippen LogP contribution in [0.4, 0.5) is 0 Å². The topological polar surface area (TPSA) is 49.3 Å². The molecular formula is C16H25IN4S2. The van der Waals surface area contributed by atoms with Crippen molar-refractivity contribution in [3.8, 4) is 0 Å². The first-order chi connectivity index (χ1) is 10.5. The summed E-state index contributed by atoms with van der Waals surface area (Å²) in [5.41, 5.74) is 0.0854. The van der Waals surface area contributed by atoms with E-state index in [0.29, 0.717) is 6.54 Å². The van der Waals surface area contributed by atoms with Crippen LogP contribution < -0.4 is 10.6 Å². The molecule has 0 saturated carbocycles. The number of aliphatic imine (C=N–C) groups is 1. The van der Waals surface area contributed by atoms with Crippen molar-refractivity contribution >= 4 is 52.6 Å².